The second kappa shape index (κ2) is 36.9. The number of halogens is 3. The van der Waals surface area contributed by atoms with Gasteiger partial charge in [-0.15, -0.1) is 0 Å². The number of anilines is 2. The second-order valence-electron chi connectivity index (χ2n) is 20.8. The van der Waals surface area contributed by atoms with E-state index in [0.717, 1.165) is 120 Å². The number of amides is 2. The van der Waals surface area contributed by atoms with Crippen LogP contribution < -0.4 is 26.8 Å². The number of hydrazine groups is 1. The molecule has 2 amide bonds. The van der Waals surface area contributed by atoms with E-state index in [2.05, 4.69) is 102 Å². The number of aryl methyl sites for hydroxylation is 1. The van der Waals surface area contributed by atoms with E-state index in [9.17, 15) is 18.8 Å². The first-order valence-corrected chi connectivity index (χ1v) is 30.1. The Hall–Kier alpha value is -5.32. The number of hydrogen-bond acceptors (Lipinski definition) is 10. The number of aldehydes is 1. The molecule has 0 aromatic heterocycles. The highest BCUT2D eigenvalue weighted by Crippen LogP contribution is 2.35. The largest absolute Gasteiger partial charge is 0.374 e. The summed E-state index contributed by atoms with van der Waals surface area (Å²) < 4.78 is 44.1. The fourth-order valence-corrected chi connectivity index (χ4v) is 11.0. The van der Waals surface area contributed by atoms with E-state index in [1.54, 1.807) is 19.1 Å². The molecule has 3 saturated heterocycles. The number of likely N-dealkylation sites (N-methyl/N-ethyl adjacent to an activating group) is 2. The first kappa shape index (κ1) is 69.0. The van der Waals surface area contributed by atoms with Gasteiger partial charge in [-0.3, -0.25) is 24.3 Å². The first-order chi connectivity index (χ1) is 38.7. The molecule has 5 N–H and O–H groups in total. The summed E-state index contributed by atoms with van der Waals surface area (Å²) in [6.45, 7) is 33.2. The topological polar surface area (TPSA) is 124 Å². The third-order valence-corrected chi connectivity index (χ3v) is 15.1. The van der Waals surface area contributed by atoms with Gasteiger partial charge in [0.15, 0.2) is 0 Å². The SMILES string of the molecule is C=C(/C=C(\C)CN1CCC(c2ccc(C(=O)N3CCC(CN4CCC(N(CCC)CCC)C(F)(F)C4)CC3)cc2)CC1)/C(=C\CNC)c1ccc2c(c1)CNN2.CC.CC.CC.CNC(=O)C(CCC=O)Nc1ccc(C)c(F)c1. The molecular formula is C65H102F3N9O3. The van der Waals surface area contributed by atoms with Gasteiger partial charge in [0, 0.05) is 70.5 Å². The lowest BCUT2D eigenvalue weighted by Gasteiger charge is -2.45. The fourth-order valence-electron chi connectivity index (χ4n) is 11.0. The number of likely N-dealkylation sites (tertiary alicyclic amines) is 3. The van der Waals surface area contributed by atoms with Gasteiger partial charge in [0.05, 0.1) is 18.3 Å². The second-order valence-corrected chi connectivity index (χ2v) is 20.8. The van der Waals surface area contributed by atoms with Gasteiger partial charge < -0.3 is 31.1 Å². The maximum atomic E-state index is 15.3. The third-order valence-electron chi connectivity index (χ3n) is 15.1. The van der Waals surface area contributed by atoms with Crippen LogP contribution in [0.1, 0.15) is 159 Å². The first-order valence-electron chi connectivity index (χ1n) is 30.1. The molecule has 0 bridgehead atoms. The molecule has 12 nitrogen and oxygen atoms in total. The van der Waals surface area contributed by atoms with E-state index in [1.165, 1.54) is 35.4 Å². The van der Waals surface area contributed by atoms with Crippen LogP contribution >= 0.6 is 0 Å². The van der Waals surface area contributed by atoms with Crippen molar-refractivity contribution in [2.45, 2.75) is 157 Å². The summed E-state index contributed by atoms with van der Waals surface area (Å²) in [5, 5.41) is 8.68. The van der Waals surface area contributed by atoms with Crippen LogP contribution in [0.15, 0.2) is 90.5 Å². The minimum atomic E-state index is -2.69. The number of carbonyl (C=O) groups excluding carboxylic acids is 3. The maximum Gasteiger partial charge on any atom is 0.275 e. The van der Waals surface area contributed by atoms with Crippen LogP contribution in [0, 0.1) is 18.7 Å². The van der Waals surface area contributed by atoms with Gasteiger partial charge in [-0.2, -0.15) is 0 Å². The number of fused-ring (bicyclic) bond motifs is 1. The van der Waals surface area contributed by atoms with Crippen molar-refractivity contribution in [2.75, 3.05) is 96.8 Å². The van der Waals surface area contributed by atoms with Crippen molar-refractivity contribution in [1.82, 2.24) is 35.7 Å². The number of carbonyl (C=O) groups is 3. The van der Waals surface area contributed by atoms with Crippen LogP contribution in [-0.2, 0) is 16.1 Å². The molecule has 80 heavy (non-hydrogen) atoms. The Labute approximate surface area is 480 Å². The predicted molar refractivity (Wildman–Crippen MR) is 329 cm³/mol. The Morgan fingerprint density at radius 1 is 0.850 bits per heavy atom. The van der Waals surface area contributed by atoms with E-state index >= 15 is 8.78 Å². The number of allylic oxidation sites excluding steroid dienone is 3. The molecule has 446 valence electrons. The van der Waals surface area contributed by atoms with Crippen LogP contribution in [0.25, 0.3) is 5.57 Å². The molecule has 0 aliphatic carbocycles. The quantitative estimate of drug-likeness (QED) is 0.0491. The predicted octanol–water partition coefficient (Wildman–Crippen LogP) is 12.5. The zero-order chi connectivity index (χ0) is 59.2. The maximum absolute atomic E-state index is 15.3. The number of alkyl halides is 2. The molecule has 4 aliphatic rings. The van der Waals surface area contributed by atoms with Crippen molar-refractivity contribution in [3.05, 3.63) is 124 Å². The molecule has 3 aromatic carbocycles. The summed E-state index contributed by atoms with van der Waals surface area (Å²) in [6.07, 6.45) is 12.1. The zero-order valence-electron chi connectivity index (χ0n) is 51.0. The van der Waals surface area contributed by atoms with Gasteiger partial charge in [-0.25, -0.2) is 18.6 Å². The molecule has 0 saturated carbocycles. The van der Waals surface area contributed by atoms with Crippen molar-refractivity contribution in [3.8, 4) is 0 Å². The Morgan fingerprint density at radius 2 is 1.49 bits per heavy atom. The van der Waals surface area contributed by atoms with Gasteiger partial charge >= 0.3 is 0 Å². The van der Waals surface area contributed by atoms with Gasteiger partial charge in [-0.05, 0) is 180 Å². The monoisotopic (exact) mass is 1110 g/mol. The summed E-state index contributed by atoms with van der Waals surface area (Å²) in [6, 6.07) is 18.4. The summed E-state index contributed by atoms with van der Waals surface area (Å²) in [7, 11) is 3.49. The van der Waals surface area contributed by atoms with E-state index in [4.69, 9.17) is 0 Å². The highest BCUT2D eigenvalue weighted by molar-refractivity contribution is 5.94. The molecule has 4 heterocycles. The third kappa shape index (κ3) is 21.2. The standard InChI is InChI=1S/C46H67F2N7O.C13H17FN2O2.3C2H6/c1-6-21-54(22-7-2)44-19-25-53(33-46(44,47)48)32-36-15-26-55(27-16-36)45(56)39-10-8-37(9-11-39)38-17-23-52(24-18-38)31-34(3)28-35(4)42(14-20-49-5)40-12-13-43-41(29-40)30-50-51-43;1-9-5-6-10(8-11(9)14)16-12(4-3-7-17)13(18)15-2;3*1-2/h8-14,28-29,36,38,44,49-51H,4,6-7,15-27,30-33H2,1-3,5H3;5-8,12,16H,3-4H2,1-2H3,(H,15,18);3*1-2H3/b34-28+,42-14+;;;;. The molecule has 0 radical (unpaired) electrons. The average Bonchev–Trinajstić information content (AvgIpc) is 3.95. The normalized spacial score (nSPS) is 18.1. The van der Waals surface area contributed by atoms with Crippen LogP contribution in [0.4, 0.5) is 24.5 Å². The Balaban J connectivity index is 0.000000588. The van der Waals surface area contributed by atoms with Crippen LogP contribution in [-0.4, -0.2) is 142 Å². The molecule has 15 heteroatoms. The number of benzene rings is 3. The van der Waals surface area contributed by atoms with Gasteiger partial charge in [0.1, 0.15) is 18.1 Å². The molecular weight excluding hydrogens is 1010 g/mol. The summed E-state index contributed by atoms with van der Waals surface area (Å²) in [5.41, 5.74) is 16.6. The Kier molecular flexibility index (Phi) is 31.8. The number of nitrogens with zero attached hydrogens (tertiary/aromatic N) is 4. The van der Waals surface area contributed by atoms with Crippen LogP contribution in [0.3, 0.4) is 0 Å². The molecule has 3 fully saturated rings. The molecule has 0 spiro atoms. The number of piperidine rings is 3. The molecule has 2 atom stereocenters. The zero-order valence-corrected chi connectivity index (χ0v) is 51.0. The lowest BCUT2D eigenvalue weighted by atomic mass is 9.88. The number of nitrogens with one attached hydrogen (secondary N) is 5. The van der Waals surface area contributed by atoms with E-state index in [-0.39, 0.29) is 30.6 Å². The lowest BCUT2D eigenvalue weighted by molar-refractivity contribution is -0.129. The fraction of sp³-hybridized carbons (Fsp3) is 0.585. The van der Waals surface area contributed by atoms with E-state index < -0.39 is 18.0 Å². The summed E-state index contributed by atoms with van der Waals surface area (Å²) >= 11 is 0. The van der Waals surface area contributed by atoms with E-state index in [0.29, 0.717) is 55.6 Å². The Bertz CT molecular complexity index is 2370. The number of hydrogen-bond donors (Lipinski definition) is 5. The van der Waals surface area contributed by atoms with Gasteiger partial charge in [-0.1, -0.05) is 104 Å². The van der Waals surface area contributed by atoms with Crippen molar-refractivity contribution in [2.24, 2.45) is 5.92 Å². The van der Waals surface area contributed by atoms with Crippen LogP contribution in [0.5, 0.6) is 0 Å². The summed E-state index contributed by atoms with van der Waals surface area (Å²) in [4.78, 5) is 44.0. The van der Waals surface area contributed by atoms with Crippen LogP contribution in [0.2, 0.25) is 0 Å². The average molecular weight is 1110 g/mol. The lowest BCUT2D eigenvalue weighted by Crippen LogP contribution is -2.59. The smallest absolute Gasteiger partial charge is 0.275 e. The number of rotatable bonds is 22. The minimum Gasteiger partial charge on any atom is -0.374 e. The minimum absolute atomic E-state index is 0.0853. The van der Waals surface area contributed by atoms with Crippen molar-refractivity contribution in [1.29, 1.82) is 0 Å². The van der Waals surface area contributed by atoms with Gasteiger partial charge in [0.25, 0.3) is 11.8 Å². The Morgan fingerprint density at radius 3 is 2.08 bits per heavy atom. The molecule has 3 aromatic rings. The highest BCUT2D eigenvalue weighted by Gasteiger charge is 2.47. The summed E-state index contributed by atoms with van der Waals surface area (Å²) in [5.74, 6) is -2.32. The molecule has 4 aliphatic heterocycles. The van der Waals surface area contributed by atoms with Gasteiger partial charge in [0.2, 0.25) is 5.91 Å². The van der Waals surface area contributed by atoms with Crippen molar-refractivity contribution < 1.29 is 27.6 Å². The van der Waals surface area contributed by atoms with Crippen molar-refractivity contribution >= 4 is 35.0 Å². The molecule has 2 unspecified atom stereocenters. The highest BCUT2D eigenvalue weighted by atomic mass is 19.3. The molecule has 7 rings (SSSR count). The van der Waals surface area contributed by atoms with E-state index in [1.807, 2.05) is 75.4 Å². The van der Waals surface area contributed by atoms with Crippen molar-refractivity contribution in [3.63, 3.8) is 0 Å².